The van der Waals surface area contributed by atoms with Crippen molar-refractivity contribution in [2.75, 3.05) is 24.5 Å². The molecule has 3 heterocycles. The number of anilines is 1. The first-order chi connectivity index (χ1) is 11.6. The van der Waals surface area contributed by atoms with Crippen molar-refractivity contribution in [1.29, 1.82) is 0 Å². The van der Waals surface area contributed by atoms with Crippen LogP contribution in [0, 0.1) is 0 Å². The lowest BCUT2D eigenvalue weighted by Crippen LogP contribution is -2.52. The molecular formula is C17H23N5O2. The van der Waals surface area contributed by atoms with Gasteiger partial charge in [0.1, 0.15) is 6.23 Å². The molecule has 7 heteroatoms. The highest BCUT2D eigenvalue weighted by molar-refractivity contribution is 6.01. The van der Waals surface area contributed by atoms with Crippen LogP contribution in [0.25, 0.3) is 10.9 Å². The molecule has 24 heavy (non-hydrogen) atoms. The SMILES string of the molecule is Cn1nc(N2CCC(O)NC2=O)c2ccc(C3CCNCC3)cc21. The maximum absolute atomic E-state index is 12.2. The molecule has 2 aliphatic rings. The molecular weight excluding hydrogens is 306 g/mol. The number of hydrogen-bond acceptors (Lipinski definition) is 4. The summed E-state index contributed by atoms with van der Waals surface area (Å²) in [4.78, 5) is 13.8. The fourth-order valence-electron chi connectivity index (χ4n) is 3.71. The van der Waals surface area contributed by atoms with Crippen molar-refractivity contribution in [2.24, 2.45) is 7.05 Å². The van der Waals surface area contributed by atoms with Crippen molar-refractivity contribution < 1.29 is 9.90 Å². The number of fused-ring (bicyclic) bond motifs is 1. The molecule has 7 nitrogen and oxygen atoms in total. The first kappa shape index (κ1) is 15.4. The summed E-state index contributed by atoms with van der Waals surface area (Å²) in [6, 6.07) is 6.16. The molecule has 2 amide bonds. The fourth-order valence-corrected chi connectivity index (χ4v) is 3.71. The van der Waals surface area contributed by atoms with E-state index in [0.717, 1.165) is 36.8 Å². The second kappa shape index (κ2) is 6.07. The standard InChI is InChI=1S/C17H23N5O2/c1-21-14-10-12(11-4-7-18-8-5-11)2-3-13(14)16(20-21)22-9-6-15(23)19-17(22)24/h2-3,10-11,15,18,23H,4-9H2,1H3,(H,19,24). The minimum absolute atomic E-state index is 0.295. The third-order valence-electron chi connectivity index (χ3n) is 5.08. The van der Waals surface area contributed by atoms with Crippen LogP contribution in [0.2, 0.25) is 0 Å². The lowest BCUT2D eigenvalue weighted by atomic mass is 9.90. The molecule has 0 aliphatic carbocycles. The summed E-state index contributed by atoms with van der Waals surface area (Å²) in [7, 11) is 1.91. The van der Waals surface area contributed by atoms with Gasteiger partial charge in [-0.15, -0.1) is 0 Å². The lowest BCUT2D eigenvalue weighted by molar-refractivity contribution is 0.125. The van der Waals surface area contributed by atoms with E-state index in [9.17, 15) is 9.90 Å². The minimum Gasteiger partial charge on any atom is -0.374 e. The highest BCUT2D eigenvalue weighted by Gasteiger charge is 2.28. The maximum Gasteiger partial charge on any atom is 0.325 e. The van der Waals surface area contributed by atoms with Crippen molar-refractivity contribution in [3.63, 3.8) is 0 Å². The Morgan fingerprint density at radius 2 is 2.04 bits per heavy atom. The molecule has 2 aliphatic heterocycles. The van der Waals surface area contributed by atoms with E-state index in [1.165, 1.54) is 5.56 Å². The van der Waals surface area contributed by atoms with Gasteiger partial charge in [-0.2, -0.15) is 5.10 Å². The number of urea groups is 1. The minimum atomic E-state index is -0.768. The number of carbonyl (C=O) groups is 1. The van der Waals surface area contributed by atoms with Gasteiger partial charge in [0.05, 0.1) is 5.52 Å². The second-order valence-electron chi connectivity index (χ2n) is 6.65. The summed E-state index contributed by atoms with van der Waals surface area (Å²) in [5.41, 5.74) is 2.39. The molecule has 1 aromatic carbocycles. The number of nitrogens with zero attached hydrogens (tertiary/aromatic N) is 3. The topological polar surface area (TPSA) is 82.4 Å². The van der Waals surface area contributed by atoms with E-state index in [2.05, 4.69) is 33.9 Å². The van der Waals surface area contributed by atoms with E-state index >= 15 is 0 Å². The lowest BCUT2D eigenvalue weighted by Gasteiger charge is -2.29. The monoisotopic (exact) mass is 329 g/mol. The normalized spacial score (nSPS) is 22.8. The van der Waals surface area contributed by atoms with Crippen LogP contribution in [0.4, 0.5) is 10.6 Å². The van der Waals surface area contributed by atoms with Gasteiger partial charge >= 0.3 is 6.03 Å². The number of hydrogen-bond donors (Lipinski definition) is 3. The summed E-state index contributed by atoms with van der Waals surface area (Å²) in [6.07, 6.45) is 2.04. The van der Waals surface area contributed by atoms with Gasteiger partial charge in [-0.3, -0.25) is 9.58 Å². The van der Waals surface area contributed by atoms with Crippen LogP contribution in [0.5, 0.6) is 0 Å². The quantitative estimate of drug-likeness (QED) is 0.775. The summed E-state index contributed by atoms with van der Waals surface area (Å²) in [6.45, 7) is 2.60. The van der Waals surface area contributed by atoms with E-state index in [-0.39, 0.29) is 6.03 Å². The number of aliphatic hydroxyl groups is 1. The van der Waals surface area contributed by atoms with Gasteiger partial charge < -0.3 is 15.7 Å². The Kier molecular flexibility index (Phi) is 3.90. The van der Waals surface area contributed by atoms with Gasteiger partial charge in [0.2, 0.25) is 0 Å². The highest BCUT2D eigenvalue weighted by Crippen LogP contribution is 2.32. The van der Waals surface area contributed by atoms with Gasteiger partial charge in [0.25, 0.3) is 0 Å². The Morgan fingerprint density at radius 1 is 1.25 bits per heavy atom. The summed E-state index contributed by atoms with van der Waals surface area (Å²) in [5, 5.41) is 21.0. The van der Waals surface area contributed by atoms with Gasteiger partial charge in [-0.25, -0.2) is 4.79 Å². The Balaban J connectivity index is 1.69. The third-order valence-corrected chi connectivity index (χ3v) is 5.08. The van der Waals surface area contributed by atoms with Gasteiger partial charge in [0.15, 0.2) is 5.82 Å². The van der Waals surface area contributed by atoms with Crippen molar-refractivity contribution in [3.8, 4) is 0 Å². The van der Waals surface area contributed by atoms with Gasteiger partial charge in [-0.05, 0) is 49.5 Å². The van der Waals surface area contributed by atoms with E-state index in [0.29, 0.717) is 24.7 Å². The number of rotatable bonds is 2. The molecule has 128 valence electrons. The van der Waals surface area contributed by atoms with Crippen LogP contribution < -0.4 is 15.5 Å². The first-order valence-corrected chi connectivity index (χ1v) is 8.57. The Morgan fingerprint density at radius 3 is 2.79 bits per heavy atom. The van der Waals surface area contributed by atoms with Crippen LogP contribution in [-0.2, 0) is 7.05 Å². The molecule has 4 rings (SSSR count). The van der Waals surface area contributed by atoms with E-state index in [1.807, 2.05) is 11.7 Å². The van der Waals surface area contributed by atoms with Crippen molar-refractivity contribution in [1.82, 2.24) is 20.4 Å². The van der Waals surface area contributed by atoms with Crippen LogP contribution in [0.1, 0.15) is 30.7 Å². The predicted octanol–water partition coefficient (Wildman–Crippen LogP) is 1.28. The summed E-state index contributed by atoms with van der Waals surface area (Å²) >= 11 is 0. The van der Waals surface area contributed by atoms with E-state index in [1.54, 1.807) is 4.90 Å². The molecule has 2 fully saturated rings. The van der Waals surface area contributed by atoms with Crippen LogP contribution in [-0.4, -0.2) is 46.8 Å². The molecule has 1 atom stereocenters. The van der Waals surface area contributed by atoms with Crippen molar-refractivity contribution in [3.05, 3.63) is 23.8 Å². The average Bonchev–Trinajstić information content (AvgIpc) is 2.92. The molecule has 0 radical (unpaired) electrons. The van der Waals surface area contributed by atoms with Gasteiger partial charge in [0, 0.05) is 25.4 Å². The Hall–Kier alpha value is -2.12. The molecule has 2 saturated heterocycles. The highest BCUT2D eigenvalue weighted by atomic mass is 16.3. The smallest absolute Gasteiger partial charge is 0.325 e. The van der Waals surface area contributed by atoms with E-state index < -0.39 is 6.23 Å². The zero-order chi connectivity index (χ0) is 16.7. The number of aliphatic hydroxyl groups excluding tert-OH is 1. The molecule has 1 unspecified atom stereocenters. The summed E-state index contributed by atoms with van der Waals surface area (Å²) in [5.74, 6) is 1.25. The summed E-state index contributed by atoms with van der Waals surface area (Å²) < 4.78 is 1.84. The molecule has 0 spiro atoms. The fraction of sp³-hybridized carbons (Fsp3) is 0.529. The number of benzene rings is 1. The van der Waals surface area contributed by atoms with Crippen LogP contribution >= 0.6 is 0 Å². The predicted molar refractivity (Wildman–Crippen MR) is 92.1 cm³/mol. The number of nitrogens with one attached hydrogen (secondary N) is 2. The molecule has 1 aromatic heterocycles. The largest absolute Gasteiger partial charge is 0.374 e. The second-order valence-corrected chi connectivity index (χ2v) is 6.65. The number of carbonyl (C=O) groups excluding carboxylic acids is 1. The average molecular weight is 329 g/mol. The Labute approximate surface area is 140 Å². The van der Waals surface area contributed by atoms with E-state index in [4.69, 9.17) is 0 Å². The number of piperidine rings is 1. The molecule has 3 N–H and O–H groups in total. The number of amides is 2. The molecule has 0 saturated carbocycles. The van der Waals surface area contributed by atoms with Crippen LogP contribution in [0.3, 0.4) is 0 Å². The maximum atomic E-state index is 12.2. The van der Waals surface area contributed by atoms with Gasteiger partial charge in [-0.1, -0.05) is 6.07 Å². The van der Waals surface area contributed by atoms with Crippen molar-refractivity contribution >= 4 is 22.8 Å². The molecule has 2 aromatic rings. The van der Waals surface area contributed by atoms with Crippen LogP contribution in [0.15, 0.2) is 18.2 Å². The number of aromatic nitrogens is 2. The number of aryl methyl sites for hydroxylation is 1. The Bertz CT molecular complexity index is 766. The first-order valence-electron chi connectivity index (χ1n) is 8.57. The van der Waals surface area contributed by atoms with Crippen molar-refractivity contribution in [2.45, 2.75) is 31.4 Å². The molecule has 0 bridgehead atoms. The zero-order valence-corrected chi connectivity index (χ0v) is 13.8. The zero-order valence-electron chi connectivity index (χ0n) is 13.8. The third kappa shape index (κ3) is 2.63.